The summed E-state index contributed by atoms with van der Waals surface area (Å²) in [5.41, 5.74) is 0.260. The molecule has 5 atom stereocenters. The largest absolute Gasteiger partial charge is 0.411 e. The molecule has 1 spiro atoms. The third-order valence-electron chi connectivity index (χ3n) is 4.60. The highest BCUT2D eigenvalue weighted by atomic mass is 35.6. The standard InChI is InChI=1S/C13H16Cl3NO6/c14-13(15,16)11-21-9-7(17-18)8(20-10(9)22-11)6-5-19-12(23-6)3-1-2-4-12/h6,8-11,18H,1-5H2/b17-7+/t6-,8-,9-,10-,11?/m1/s1. The number of nitrogens with zero attached hydrogens (tertiary/aromatic N) is 1. The SMILES string of the molecule is O/N=C1/[C@H]2OC(C(Cl)(Cl)Cl)O[C@H]2O[C@@H]1[C@H]1COC2(CCCC2)O1. The lowest BCUT2D eigenvalue weighted by Gasteiger charge is -2.25. The molecule has 10 heteroatoms. The molecule has 0 bridgehead atoms. The molecule has 0 aromatic carbocycles. The first-order chi connectivity index (χ1) is 10.9. The molecule has 1 N–H and O–H groups in total. The minimum Gasteiger partial charge on any atom is -0.411 e. The van der Waals surface area contributed by atoms with Gasteiger partial charge in [-0.25, -0.2) is 0 Å². The third kappa shape index (κ3) is 2.85. The Labute approximate surface area is 147 Å². The van der Waals surface area contributed by atoms with Crippen LogP contribution in [0.2, 0.25) is 0 Å². The fourth-order valence-corrected chi connectivity index (χ4v) is 3.87. The molecule has 3 heterocycles. The number of rotatable bonds is 1. The number of fused-ring (bicyclic) bond motifs is 1. The molecule has 3 aliphatic heterocycles. The zero-order chi connectivity index (χ0) is 16.2. The molecule has 23 heavy (non-hydrogen) atoms. The number of oxime groups is 1. The van der Waals surface area contributed by atoms with Crippen LogP contribution in [-0.4, -0.2) is 58.0 Å². The molecule has 4 aliphatic rings. The number of alkyl halides is 3. The predicted molar refractivity (Wildman–Crippen MR) is 79.9 cm³/mol. The Morgan fingerprint density at radius 1 is 1.09 bits per heavy atom. The van der Waals surface area contributed by atoms with E-state index in [4.69, 9.17) is 58.5 Å². The van der Waals surface area contributed by atoms with Gasteiger partial charge in [-0.05, 0) is 12.8 Å². The van der Waals surface area contributed by atoms with Crippen molar-refractivity contribution in [3.8, 4) is 0 Å². The molecule has 130 valence electrons. The first-order valence-corrected chi connectivity index (χ1v) is 8.62. The Kier molecular flexibility index (Phi) is 4.22. The maximum atomic E-state index is 9.37. The summed E-state index contributed by atoms with van der Waals surface area (Å²) in [6.07, 6.45) is 0.207. The fraction of sp³-hybridized carbons (Fsp3) is 0.923. The number of ether oxygens (including phenoxy) is 5. The van der Waals surface area contributed by atoms with Gasteiger partial charge in [0.2, 0.25) is 10.1 Å². The van der Waals surface area contributed by atoms with E-state index in [0.717, 1.165) is 25.7 Å². The van der Waals surface area contributed by atoms with Crippen LogP contribution in [0.5, 0.6) is 0 Å². The smallest absolute Gasteiger partial charge is 0.241 e. The van der Waals surface area contributed by atoms with Crippen LogP contribution in [0, 0.1) is 0 Å². The molecule has 0 aromatic rings. The highest BCUT2D eigenvalue weighted by Gasteiger charge is 2.59. The van der Waals surface area contributed by atoms with Crippen LogP contribution in [0.3, 0.4) is 0 Å². The molecule has 4 rings (SSSR count). The van der Waals surface area contributed by atoms with E-state index in [0.29, 0.717) is 6.61 Å². The van der Waals surface area contributed by atoms with Crippen molar-refractivity contribution in [2.75, 3.05) is 6.61 Å². The minimum absolute atomic E-state index is 0.260. The zero-order valence-electron chi connectivity index (χ0n) is 12.0. The molecule has 1 unspecified atom stereocenters. The van der Waals surface area contributed by atoms with Crippen molar-refractivity contribution in [2.24, 2.45) is 5.16 Å². The summed E-state index contributed by atoms with van der Waals surface area (Å²) < 4.78 is 26.9. The monoisotopic (exact) mass is 387 g/mol. The molecule has 1 aliphatic carbocycles. The molecule has 3 saturated heterocycles. The number of halogens is 3. The van der Waals surface area contributed by atoms with Crippen molar-refractivity contribution >= 4 is 40.5 Å². The maximum Gasteiger partial charge on any atom is 0.241 e. The van der Waals surface area contributed by atoms with E-state index < -0.39 is 34.4 Å². The van der Waals surface area contributed by atoms with Gasteiger partial charge in [-0.1, -0.05) is 40.0 Å². The first kappa shape index (κ1) is 16.6. The van der Waals surface area contributed by atoms with E-state index in [1.165, 1.54) is 0 Å². The predicted octanol–water partition coefficient (Wildman–Crippen LogP) is 2.34. The van der Waals surface area contributed by atoms with Crippen molar-refractivity contribution < 1.29 is 28.9 Å². The Hall–Kier alpha value is 0.140. The molecule has 1 saturated carbocycles. The zero-order valence-corrected chi connectivity index (χ0v) is 14.3. The maximum absolute atomic E-state index is 9.37. The van der Waals surface area contributed by atoms with Gasteiger partial charge in [0, 0.05) is 12.8 Å². The van der Waals surface area contributed by atoms with Crippen molar-refractivity contribution in [1.82, 2.24) is 0 Å². The topological polar surface area (TPSA) is 78.7 Å². The number of hydrogen-bond donors (Lipinski definition) is 1. The van der Waals surface area contributed by atoms with Crippen molar-refractivity contribution in [1.29, 1.82) is 0 Å². The van der Waals surface area contributed by atoms with Crippen molar-refractivity contribution in [3.05, 3.63) is 0 Å². The molecule has 0 aromatic heterocycles. The summed E-state index contributed by atoms with van der Waals surface area (Å²) in [5, 5.41) is 12.7. The first-order valence-electron chi connectivity index (χ1n) is 7.49. The van der Waals surface area contributed by atoms with Crippen molar-refractivity contribution in [2.45, 2.75) is 66.2 Å². The molecule has 7 nitrogen and oxygen atoms in total. The lowest BCUT2D eigenvalue weighted by Crippen LogP contribution is -2.40. The van der Waals surface area contributed by atoms with Crippen LogP contribution in [0.1, 0.15) is 25.7 Å². The van der Waals surface area contributed by atoms with E-state index in [1.807, 2.05) is 0 Å². The van der Waals surface area contributed by atoms with E-state index in [1.54, 1.807) is 0 Å². The quantitative estimate of drug-likeness (QED) is 0.422. The molecule has 0 radical (unpaired) electrons. The van der Waals surface area contributed by atoms with Crippen LogP contribution in [0.15, 0.2) is 5.16 Å². The lowest BCUT2D eigenvalue weighted by atomic mass is 10.1. The second kappa shape index (κ2) is 5.85. The van der Waals surface area contributed by atoms with E-state index in [2.05, 4.69) is 5.16 Å². The van der Waals surface area contributed by atoms with E-state index in [-0.39, 0.29) is 11.8 Å². The Balaban J connectivity index is 1.47. The summed E-state index contributed by atoms with van der Waals surface area (Å²) in [5.74, 6) is -0.534. The van der Waals surface area contributed by atoms with Crippen LogP contribution in [0.25, 0.3) is 0 Å². The highest BCUT2D eigenvalue weighted by molar-refractivity contribution is 6.67. The van der Waals surface area contributed by atoms with Crippen LogP contribution in [-0.2, 0) is 23.7 Å². The summed E-state index contributed by atoms with van der Waals surface area (Å²) in [6, 6.07) is 0. The van der Waals surface area contributed by atoms with Gasteiger partial charge in [0.15, 0.2) is 18.2 Å². The average Bonchev–Trinajstić information content (AvgIpc) is 3.22. The molecule has 4 fully saturated rings. The summed E-state index contributed by atoms with van der Waals surface area (Å²) >= 11 is 17.3. The normalized spacial score (nSPS) is 44.5. The molecular weight excluding hydrogens is 373 g/mol. The van der Waals surface area contributed by atoms with Gasteiger partial charge in [0.05, 0.1) is 6.61 Å². The highest BCUT2D eigenvalue weighted by Crippen LogP contribution is 2.45. The third-order valence-corrected chi connectivity index (χ3v) is 5.14. The number of hydrogen-bond acceptors (Lipinski definition) is 7. The Bertz CT molecular complexity index is 506. The molecular formula is C13H16Cl3NO6. The second-order valence-corrected chi connectivity index (χ2v) is 8.47. The van der Waals surface area contributed by atoms with Gasteiger partial charge >= 0.3 is 0 Å². The second-order valence-electron chi connectivity index (χ2n) is 6.10. The van der Waals surface area contributed by atoms with Crippen LogP contribution >= 0.6 is 34.8 Å². The van der Waals surface area contributed by atoms with Gasteiger partial charge in [-0.2, -0.15) is 0 Å². The minimum atomic E-state index is -1.76. The van der Waals surface area contributed by atoms with Crippen LogP contribution in [0.4, 0.5) is 0 Å². The average molecular weight is 389 g/mol. The van der Waals surface area contributed by atoms with Gasteiger partial charge in [-0.15, -0.1) is 0 Å². The van der Waals surface area contributed by atoms with Gasteiger partial charge in [0.25, 0.3) is 0 Å². The lowest BCUT2D eigenvalue weighted by molar-refractivity contribution is -0.191. The van der Waals surface area contributed by atoms with Crippen molar-refractivity contribution in [3.63, 3.8) is 0 Å². The van der Waals surface area contributed by atoms with E-state index >= 15 is 0 Å². The fourth-order valence-electron chi connectivity index (χ4n) is 3.56. The Morgan fingerprint density at radius 2 is 1.83 bits per heavy atom. The van der Waals surface area contributed by atoms with E-state index in [9.17, 15) is 5.21 Å². The van der Waals surface area contributed by atoms with Crippen LogP contribution < -0.4 is 0 Å². The Morgan fingerprint density at radius 3 is 2.48 bits per heavy atom. The van der Waals surface area contributed by atoms with Gasteiger partial charge < -0.3 is 28.9 Å². The summed E-state index contributed by atoms with van der Waals surface area (Å²) in [7, 11) is 0. The summed E-state index contributed by atoms with van der Waals surface area (Å²) in [6.45, 7) is 0.358. The molecule has 0 amide bonds. The van der Waals surface area contributed by atoms with Gasteiger partial charge in [0.1, 0.15) is 17.9 Å². The van der Waals surface area contributed by atoms with Gasteiger partial charge in [-0.3, -0.25) is 0 Å². The summed E-state index contributed by atoms with van der Waals surface area (Å²) in [4.78, 5) is 0.